The topological polar surface area (TPSA) is 49.8 Å². The highest BCUT2D eigenvalue weighted by molar-refractivity contribution is 5.94. The first-order valence-corrected chi connectivity index (χ1v) is 6.47. The Bertz CT molecular complexity index is 528. The maximum atomic E-state index is 12.4. The molecule has 0 aliphatic heterocycles. The molecule has 1 amide bonds. The van der Waals surface area contributed by atoms with Gasteiger partial charge in [-0.15, -0.1) is 0 Å². The monoisotopic (exact) mass is 275 g/mol. The second-order valence-electron chi connectivity index (χ2n) is 4.77. The van der Waals surface area contributed by atoms with Crippen LogP contribution in [0.4, 0.5) is 0 Å². The number of benzene rings is 1. The summed E-state index contributed by atoms with van der Waals surface area (Å²) in [6, 6.07) is 5.47. The Hall–Kier alpha value is -1.83. The highest BCUT2D eigenvalue weighted by atomic mass is 16.5. The van der Waals surface area contributed by atoms with Crippen molar-refractivity contribution < 1.29 is 14.6 Å². The summed E-state index contributed by atoms with van der Waals surface area (Å²) < 4.78 is 5.07. The van der Waals surface area contributed by atoms with Crippen molar-refractivity contribution in [2.24, 2.45) is 0 Å². The molecule has 1 aromatic rings. The van der Waals surface area contributed by atoms with Gasteiger partial charge in [-0.2, -0.15) is 0 Å². The number of carbonyl (C=O) groups is 1. The third kappa shape index (κ3) is 4.37. The van der Waals surface area contributed by atoms with Gasteiger partial charge >= 0.3 is 0 Å². The van der Waals surface area contributed by atoms with E-state index in [1.54, 1.807) is 25.1 Å². The number of rotatable bonds is 4. The fourth-order valence-electron chi connectivity index (χ4n) is 1.88. The summed E-state index contributed by atoms with van der Waals surface area (Å²) in [6.07, 6.45) is 0. The van der Waals surface area contributed by atoms with Crippen LogP contribution in [-0.4, -0.2) is 49.3 Å². The summed E-state index contributed by atoms with van der Waals surface area (Å²) >= 11 is 0. The Morgan fingerprint density at radius 1 is 1.45 bits per heavy atom. The van der Waals surface area contributed by atoms with E-state index in [4.69, 9.17) is 9.84 Å². The summed E-state index contributed by atoms with van der Waals surface area (Å²) in [7, 11) is 3.37. The molecule has 1 N–H and O–H groups in total. The average Bonchev–Trinajstić information content (AvgIpc) is 2.43. The maximum Gasteiger partial charge on any atom is 0.253 e. The molecule has 4 nitrogen and oxygen atoms in total. The predicted octanol–water partition coefficient (Wildman–Crippen LogP) is 1.45. The first kappa shape index (κ1) is 16.2. The Labute approximate surface area is 120 Å². The van der Waals surface area contributed by atoms with Crippen LogP contribution in [0.2, 0.25) is 0 Å². The van der Waals surface area contributed by atoms with Crippen molar-refractivity contribution in [1.82, 2.24) is 4.90 Å². The zero-order valence-electron chi connectivity index (χ0n) is 12.4. The fraction of sp³-hybridized carbons (Fsp3) is 0.438. The van der Waals surface area contributed by atoms with Crippen molar-refractivity contribution in [3.63, 3.8) is 0 Å². The van der Waals surface area contributed by atoms with Crippen LogP contribution in [0.5, 0.6) is 0 Å². The van der Waals surface area contributed by atoms with Crippen LogP contribution in [0.15, 0.2) is 18.2 Å². The molecule has 0 heterocycles. The molecule has 0 spiro atoms. The molecule has 0 aliphatic rings. The van der Waals surface area contributed by atoms with E-state index in [1.165, 1.54) is 0 Å². The largest absolute Gasteiger partial charge is 0.384 e. The molecule has 1 atom stereocenters. The van der Waals surface area contributed by atoms with E-state index in [1.807, 2.05) is 26.0 Å². The van der Waals surface area contributed by atoms with Gasteiger partial charge in [-0.1, -0.05) is 11.8 Å². The highest BCUT2D eigenvalue weighted by Gasteiger charge is 2.17. The van der Waals surface area contributed by atoms with Gasteiger partial charge in [0, 0.05) is 25.3 Å². The Morgan fingerprint density at radius 2 is 2.15 bits per heavy atom. The van der Waals surface area contributed by atoms with Gasteiger partial charge in [0.05, 0.1) is 12.6 Å². The van der Waals surface area contributed by atoms with Gasteiger partial charge in [-0.3, -0.25) is 4.79 Å². The number of amides is 1. The van der Waals surface area contributed by atoms with Crippen LogP contribution in [0.1, 0.15) is 28.4 Å². The van der Waals surface area contributed by atoms with Crippen LogP contribution < -0.4 is 0 Å². The Balaban J connectivity index is 3.00. The molecule has 0 bridgehead atoms. The highest BCUT2D eigenvalue weighted by Crippen LogP contribution is 2.12. The molecule has 4 heteroatoms. The van der Waals surface area contributed by atoms with Crippen LogP contribution >= 0.6 is 0 Å². The number of ether oxygens (including phenoxy) is 1. The average molecular weight is 275 g/mol. The first-order chi connectivity index (χ1) is 9.49. The van der Waals surface area contributed by atoms with Gasteiger partial charge in [0.15, 0.2) is 0 Å². The second kappa shape index (κ2) is 7.68. The second-order valence-corrected chi connectivity index (χ2v) is 4.77. The van der Waals surface area contributed by atoms with Crippen LogP contribution in [0.25, 0.3) is 0 Å². The molecule has 0 aliphatic carbocycles. The van der Waals surface area contributed by atoms with Gasteiger partial charge in [-0.25, -0.2) is 0 Å². The molecule has 0 fully saturated rings. The lowest BCUT2D eigenvalue weighted by Crippen LogP contribution is -2.37. The maximum absolute atomic E-state index is 12.4. The zero-order chi connectivity index (χ0) is 15.1. The lowest BCUT2D eigenvalue weighted by Gasteiger charge is -2.24. The lowest BCUT2D eigenvalue weighted by atomic mass is 10.1. The SMILES string of the molecule is COCC(C)N(C)C(=O)c1cc(C)cc(C#CCO)c1. The quantitative estimate of drug-likeness (QED) is 0.846. The third-order valence-electron chi connectivity index (χ3n) is 3.03. The lowest BCUT2D eigenvalue weighted by molar-refractivity contribution is 0.0633. The molecule has 0 saturated carbocycles. The van der Waals surface area contributed by atoms with Gasteiger partial charge in [0.1, 0.15) is 6.61 Å². The van der Waals surface area contributed by atoms with Gasteiger partial charge in [0.25, 0.3) is 5.91 Å². The Kier molecular flexibility index (Phi) is 6.23. The van der Waals surface area contributed by atoms with Gasteiger partial charge in [-0.05, 0) is 37.6 Å². The van der Waals surface area contributed by atoms with E-state index in [0.717, 1.165) is 11.1 Å². The Morgan fingerprint density at radius 3 is 2.75 bits per heavy atom. The standard InChI is InChI=1S/C16H21NO3/c1-12-8-14(6-5-7-18)10-15(9-12)16(19)17(3)13(2)11-20-4/h8-10,13,18H,7,11H2,1-4H3. The number of nitrogens with zero attached hydrogens (tertiary/aromatic N) is 1. The van der Waals surface area contributed by atoms with Gasteiger partial charge < -0.3 is 14.7 Å². The number of aliphatic hydroxyl groups excluding tert-OH is 1. The minimum atomic E-state index is -0.192. The van der Waals surface area contributed by atoms with E-state index in [9.17, 15) is 4.79 Å². The molecule has 0 saturated heterocycles. The summed E-state index contributed by atoms with van der Waals surface area (Å²) in [5.41, 5.74) is 2.29. The van der Waals surface area contributed by atoms with Gasteiger partial charge in [0.2, 0.25) is 0 Å². The van der Waals surface area contributed by atoms with E-state index in [2.05, 4.69) is 11.8 Å². The van der Waals surface area contributed by atoms with Crippen molar-refractivity contribution in [2.75, 3.05) is 27.4 Å². The third-order valence-corrected chi connectivity index (χ3v) is 3.03. The molecular formula is C16H21NO3. The first-order valence-electron chi connectivity index (χ1n) is 6.47. The summed E-state index contributed by atoms with van der Waals surface area (Å²) in [5.74, 6) is 5.35. The molecule has 108 valence electrons. The van der Waals surface area contributed by atoms with E-state index < -0.39 is 0 Å². The molecular weight excluding hydrogens is 254 g/mol. The predicted molar refractivity (Wildman–Crippen MR) is 78.6 cm³/mol. The van der Waals surface area contributed by atoms with E-state index in [-0.39, 0.29) is 18.6 Å². The number of likely N-dealkylation sites (N-methyl/N-ethyl adjacent to an activating group) is 1. The summed E-state index contributed by atoms with van der Waals surface area (Å²) in [4.78, 5) is 14.1. The van der Waals surface area contributed by atoms with Crippen molar-refractivity contribution in [3.05, 3.63) is 34.9 Å². The van der Waals surface area contributed by atoms with Crippen LogP contribution in [0, 0.1) is 18.8 Å². The van der Waals surface area contributed by atoms with Crippen molar-refractivity contribution in [2.45, 2.75) is 19.9 Å². The van der Waals surface area contributed by atoms with Crippen molar-refractivity contribution in [3.8, 4) is 11.8 Å². The minimum absolute atomic E-state index is 0.0000109. The number of hydrogen-bond acceptors (Lipinski definition) is 3. The summed E-state index contributed by atoms with van der Waals surface area (Å²) in [6.45, 7) is 4.15. The van der Waals surface area contributed by atoms with Crippen molar-refractivity contribution >= 4 is 5.91 Å². The van der Waals surface area contributed by atoms with Crippen LogP contribution in [-0.2, 0) is 4.74 Å². The van der Waals surface area contributed by atoms with E-state index >= 15 is 0 Å². The molecule has 20 heavy (non-hydrogen) atoms. The number of aryl methyl sites for hydroxylation is 1. The molecule has 0 radical (unpaired) electrons. The fourth-order valence-corrected chi connectivity index (χ4v) is 1.88. The molecule has 1 rings (SSSR count). The van der Waals surface area contributed by atoms with E-state index in [0.29, 0.717) is 12.2 Å². The van der Waals surface area contributed by atoms with Crippen molar-refractivity contribution in [1.29, 1.82) is 0 Å². The van der Waals surface area contributed by atoms with Crippen LogP contribution in [0.3, 0.4) is 0 Å². The number of methoxy groups -OCH3 is 1. The minimum Gasteiger partial charge on any atom is -0.384 e. The molecule has 0 aromatic heterocycles. The summed E-state index contributed by atoms with van der Waals surface area (Å²) in [5, 5.41) is 8.73. The smallest absolute Gasteiger partial charge is 0.253 e. The molecule has 1 unspecified atom stereocenters. The zero-order valence-corrected chi connectivity index (χ0v) is 12.4. The number of carbonyl (C=O) groups excluding carboxylic acids is 1. The normalized spacial score (nSPS) is 11.4. The number of hydrogen-bond donors (Lipinski definition) is 1. The molecule has 1 aromatic carbocycles. The number of aliphatic hydroxyl groups is 1.